The summed E-state index contributed by atoms with van der Waals surface area (Å²) in [6.07, 6.45) is 0.847. The first-order valence-corrected chi connectivity index (χ1v) is 8.45. The zero-order chi connectivity index (χ0) is 18.1. The summed E-state index contributed by atoms with van der Waals surface area (Å²) >= 11 is 0. The van der Waals surface area contributed by atoms with Gasteiger partial charge in [-0.2, -0.15) is 0 Å². The number of nitrogens with zero attached hydrogens (tertiary/aromatic N) is 1. The van der Waals surface area contributed by atoms with Crippen LogP contribution in [0, 0.1) is 0 Å². The zero-order valence-corrected chi connectivity index (χ0v) is 14.5. The van der Waals surface area contributed by atoms with Crippen molar-refractivity contribution >= 4 is 11.8 Å². The summed E-state index contributed by atoms with van der Waals surface area (Å²) in [4.78, 5) is 25.8. The predicted molar refractivity (Wildman–Crippen MR) is 97.5 cm³/mol. The van der Waals surface area contributed by atoms with Crippen molar-refractivity contribution in [3.63, 3.8) is 0 Å². The number of benzene rings is 2. The number of hydrogen-bond donors (Lipinski definition) is 1. The molecule has 0 radical (unpaired) electrons. The highest BCUT2D eigenvalue weighted by atomic mass is 16.5. The SMILES string of the molecule is CCOc1ccccc1C(=O)N(CCC(N)=O)CCc1ccccc1. The molecular formula is C20H24N2O3. The molecule has 0 unspecified atom stereocenters. The largest absolute Gasteiger partial charge is 0.493 e. The van der Waals surface area contributed by atoms with Crippen molar-refractivity contribution in [2.45, 2.75) is 19.8 Å². The molecular weight excluding hydrogens is 316 g/mol. The van der Waals surface area contributed by atoms with Crippen LogP contribution in [0.2, 0.25) is 0 Å². The molecule has 2 aromatic carbocycles. The molecule has 0 heterocycles. The Morgan fingerprint density at radius 3 is 2.36 bits per heavy atom. The molecule has 0 fully saturated rings. The second-order valence-electron chi connectivity index (χ2n) is 5.67. The van der Waals surface area contributed by atoms with E-state index in [-0.39, 0.29) is 12.3 Å². The first-order valence-electron chi connectivity index (χ1n) is 8.45. The number of hydrogen-bond acceptors (Lipinski definition) is 3. The van der Waals surface area contributed by atoms with Crippen molar-refractivity contribution in [2.75, 3.05) is 19.7 Å². The predicted octanol–water partition coefficient (Wildman–Crippen LogP) is 2.65. The lowest BCUT2D eigenvalue weighted by molar-refractivity contribution is -0.118. The Balaban J connectivity index is 2.16. The zero-order valence-electron chi connectivity index (χ0n) is 14.5. The van der Waals surface area contributed by atoms with E-state index in [1.165, 1.54) is 0 Å². The van der Waals surface area contributed by atoms with Crippen molar-refractivity contribution in [3.8, 4) is 5.75 Å². The Hall–Kier alpha value is -2.82. The highest BCUT2D eigenvalue weighted by molar-refractivity contribution is 5.97. The van der Waals surface area contributed by atoms with Gasteiger partial charge in [0.2, 0.25) is 5.91 Å². The third-order valence-corrected chi connectivity index (χ3v) is 3.85. The second kappa shape index (κ2) is 9.47. The molecule has 0 spiro atoms. The summed E-state index contributed by atoms with van der Waals surface area (Å²) in [5.41, 5.74) is 6.90. The Morgan fingerprint density at radius 1 is 1.00 bits per heavy atom. The minimum absolute atomic E-state index is 0.136. The normalized spacial score (nSPS) is 10.3. The first kappa shape index (κ1) is 18.5. The van der Waals surface area contributed by atoms with E-state index in [1.54, 1.807) is 23.1 Å². The Kier molecular flexibility index (Phi) is 7.01. The third kappa shape index (κ3) is 5.64. The van der Waals surface area contributed by atoms with Gasteiger partial charge in [0.1, 0.15) is 5.75 Å². The van der Waals surface area contributed by atoms with Crippen molar-refractivity contribution in [2.24, 2.45) is 5.73 Å². The van der Waals surface area contributed by atoms with Crippen molar-refractivity contribution in [1.82, 2.24) is 4.90 Å². The lowest BCUT2D eigenvalue weighted by Crippen LogP contribution is -2.36. The van der Waals surface area contributed by atoms with Gasteiger partial charge in [0.25, 0.3) is 5.91 Å². The fourth-order valence-electron chi connectivity index (χ4n) is 2.56. The number of amides is 2. The molecule has 0 atom stereocenters. The van der Waals surface area contributed by atoms with Crippen LogP contribution in [0.25, 0.3) is 0 Å². The first-order chi connectivity index (χ1) is 12.1. The molecule has 0 saturated carbocycles. The van der Waals surface area contributed by atoms with Gasteiger partial charge >= 0.3 is 0 Å². The van der Waals surface area contributed by atoms with Gasteiger partial charge in [0, 0.05) is 19.5 Å². The maximum Gasteiger partial charge on any atom is 0.257 e. The van der Waals surface area contributed by atoms with E-state index in [9.17, 15) is 9.59 Å². The molecule has 0 aliphatic carbocycles. The van der Waals surface area contributed by atoms with Crippen LogP contribution < -0.4 is 10.5 Å². The van der Waals surface area contributed by atoms with Crippen molar-refractivity contribution in [1.29, 1.82) is 0 Å². The molecule has 2 N–H and O–H groups in total. The summed E-state index contributed by atoms with van der Waals surface area (Å²) in [6, 6.07) is 17.1. The highest BCUT2D eigenvalue weighted by Crippen LogP contribution is 2.20. The maximum absolute atomic E-state index is 13.0. The molecule has 25 heavy (non-hydrogen) atoms. The van der Waals surface area contributed by atoms with Gasteiger partial charge in [0.05, 0.1) is 12.2 Å². The molecule has 0 saturated heterocycles. The Bertz CT molecular complexity index is 701. The number of carbonyl (C=O) groups is 2. The van der Waals surface area contributed by atoms with Gasteiger partial charge in [-0.15, -0.1) is 0 Å². The summed E-state index contributed by atoms with van der Waals surface area (Å²) < 4.78 is 5.56. The summed E-state index contributed by atoms with van der Waals surface area (Å²) in [7, 11) is 0. The molecule has 2 aromatic rings. The van der Waals surface area contributed by atoms with Crippen LogP contribution >= 0.6 is 0 Å². The molecule has 132 valence electrons. The average Bonchev–Trinajstić information content (AvgIpc) is 2.63. The number of ether oxygens (including phenoxy) is 1. The fourth-order valence-corrected chi connectivity index (χ4v) is 2.56. The average molecular weight is 340 g/mol. The Morgan fingerprint density at radius 2 is 1.68 bits per heavy atom. The lowest BCUT2D eigenvalue weighted by atomic mass is 10.1. The second-order valence-corrected chi connectivity index (χ2v) is 5.67. The van der Waals surface area contributed by atoms with Crippen LogP contribution in [0.3, 0.4) is 0 Å². The molecule has 0 aliphatic heterocycles. The van der Waals surface area contributed by atoms with E-state index in [2.05, 4.69) is 0 Å². The number of para-hydroxylation sites is 1. The Labute approximate surface area is 148 Å². The van der Waals surface area contributed by atoms with Crippen LogP contribution in [-0.4, -0.2) is 36.4 Å². The molecule has 0 bridgehead atoms. The minimum Gasteiger partial charge on any atom is -0.493 e. The van der Waals surface area contributed by atoms with Crippen molar-refractivity contribution in [3.05, 3.63) is 65.7 Å². The number of carbonyl (C=O) groups excluding carboxylic acids is 2. The standard InChI is InChI=1S/C20H24N2O3/c1-2-25-18-11-7-6-10-17(18)20(24)22(15-13-19(21)23)14-12-16-8-4-3-5-9-16/h3-11H,2,12-15H2,1H3,(H2,21,23). The molecule has 0 aliphatic rings. The van der Waals surface area contributed by atoms with Gasteiger partial charge in [-0.25, -0.2) is 0 Å². The summed E-state index contributed by atoms with van der Waals surface area (Å²) in [5.74, 6) is -0.0179. The van der Waals surface area contributed by atoms with E-state index in [4.69, 9.17) is 10.5 Å². The number of nitrogens with two attached hydrogens (primary N) is 1. The van der Waals surface area contributed by atoms with Crippen LogP contribution in [0.5, 0.6) is 5.75 Å². The van der Waals surface area contributed by atoms with Gasteiger partial charge in [0.15, 0.2) is 0 Å². The lowest BCUT2D eigenvalue weighted by Gasteiger charge is -2.23. The smallest absolute Gasteiger partial charge is 0.257 e. The topological polar surface area (TPSA) is 72.6 Å². The summed E-state index contributed by atoms with van der Waals surface area (Å²) in [6.45, 7) is 3.16. The number of primary amides is 1. The van der Waals surface area contributed by atoms with Gasteiger partial charge < -0.3 is 15.4 Å². The van der Waals surface area contributed by atoms with E-state index < -0.39 is 5.91 Å². The molecule has 0 aromatic heterocycles. The summed E-state index contributed by atoms with van der Waals surface area (Å²) in [5, 5.41) is 0. The third-order valence-electron chi connectivity index (χ3n) is 3.85. The minimum atomic E-state index is -0.421. The van der Waals surface area contributed by atoms with Crippen LogP contribution in [-0.2, 0) is 11.2 Å². The van der Waals surface area contributed by atoms with Crippen LogP contribution in [0.15, 0.2) is 54.6 Å². The van der Waals surface area contributed by atoms with E-state index in [1.807, 2.05) is 43.3 Å². The van der Waals surface area contributed by atoms with Crippen molar-refractivity contribution < 1.29 is 14.3 Å². The van der Waals surface area contributed by atoms with Gasteiger partial charge in [-0.1, -0.05) is 42.5 Å². The maximum atomic E-state index is 13.0. The van der Waals surface area contributed by atoms with E-state index in [0.717, 1.165) is 5.56 Å². The molecule has 2 amide bonds. The fraction of sp³-hybridized carbons (Fsp3) is 0.300. The van der Waals surface area contributed by atoms with Gasteiger partial charge in [-0.05, 0) is 31.0 Å². The quantitative estimate of drug-likeness (QED) is 0.763. The van der Waals surface area contributed by atoms with E-state index in [0.29, 0.717) is 37.4 Å². The van der Waals surface area contributed by atoms with Crippen LogP contribution in [0.1, 0.15) is 29.3 Å². The van der Waals surface area contributed by atoms with E-state index >= 15 is 0 Å². The molecule has 2 rings (SSSR count). The highest BCUT2D eigenvalue weighted by Gasteiger charge is 2.19. The number of rotatable bonds is 9. The van der Waals surface area contributed by atoms with Gasteiger partial charge in [-0.3, -0.25) is 9.59 Å². The molecule has 5 heteroatoms. The van der Waals surface area contributed by atoms with Crippen LogP contribution in [0.4, 0.5) is 0 Å². The monoisotopic (exact) mass is 340 g/mol. The molecule has 5 nitrogen and oxygen atoms in total.